The summed E-state index contributed by atoms with van der Waals surface area (Å²) in [4.78, 5) is 0. The molecule has 0 fully saturated rings. The molecule has 1 aromatic carbocycles. The molecular formula is C15H23Cl. The molecule has 0 saturated heterocycles. The van der Waals surface area contributed by atoms with E-state index in [9.17, 15) is 0 Å². The Kier molecular flexibility index (Phi) is 6.56. The van der Waals surface area contributed by atoms with Crippen molar-refractivity contribution < 1.29 is 0 Å². The van der Waals surface area contributed by atoms with Crippen molar-refractivity contribution >= 4 is 11.6 Å². The third-order valence-electron chi connectivity index (χ3n) is 3.12. The van der Waals surface area contributed by atoms with E-state index < -0.39 is 0 Å². The molecule has 0 amide bonds. The molecule has 1 rings (SSSR count). The number of halogens is 1. The zero-order chi connectivity index (χ0) is 11.8. The van der Waals surface area contributed by atoms with Crippen molar-refractivity contribution in [3.8, 4) is 0 Å². The van der Waals surface area contributed by atoms with Gasteiger partial charge in [0.1, 0.15) is 0 Å². The van der Waals surface area contributed by atoms with Crippen LogP contribution in [-0.2, 0) is 0 Å². The van der Waals surface area contributed by atoms with Gasteiger partial charge in [0.25, 0.3) is 0 Å². The van der Waals surface area contributed by atoms with Gasteiger partial charge in [-0.2, -0.15) is 0 Å². The number of hydrogen-bond donors (Lipinski definition) is 0. The van der Waals surface area contributed by atoms with Gasteiger partial charge < -0.3 is 0 Å². The van der Waals surface area contributed by atoms with Crippen molar-refractivity contribution in [3.05, 3.63) is 35.9 Å². The Balaban J connectivity index is 2.62. The van der Waals surface area contributed by atoms with E-state index in [0.717, 1.165) is 0 Å². The van der Waals surface area contributed by atoms with Crippen LogP contribution in [0, 0.1) is 5.92 Å². The van der Waals surface area contributed by atoms with E-state index in [1.54, 1.807) is 0 Å². The Morgan fingerprint density at radius 3 is 2.25 bits per heavy atom. The second kappa shape index (κ2) is 7.73. The van der Waals surface area contributed by atoms with E-state index in [1.165, 1.54) is 37.7 Å². The lowest BCUT2D eigenvalue weighted by atomic mass is 9.90. The molecule has 0 aliphatic carbocycles. The van der Waals surface area contributed by atoms with Crippen LogP contribution in [0.15, 0.2) is 30.3 Å². The quantitative estimate of drug-likeness (QED) is 0.545. The highest BCUT2D eigenvalue weighted by molar-refractivity contribution is 6.21. The Morgan fingerprint density at radius 1 is 1.00 bits per heavy atom. The summed E-state index contributed by atoms with van der Waals surface area (Å²) in [5.74, 6) is 0.633. The maximum absolute atomic E-state index is 6.59. The molecule has 0 aromatic heterocycles. The van der Waals surface area contributed by atoms with Gasteiger partial charge in [-0.05, 0) is 24.3 Å². The minimum Gasteiger partial charge on any atom is -0.118 e. The predicted octanol–water partition coefficient (Wildman–Crippen LogP) is 5.57. The average Bonchev–Trinajstić information content (AvgIpc) is 2.35. The number of benzene rings is 1. The molecule has 1 aromatic rings. The minimum absolute atomic E-state index is 0.188. The number of rotatable bonds is 7. The zero-order valence-corrected chi connectivity index (χ0v) is 11.2. The van der Waals surface area contributed by atoms with Gasteiger partial charge in [-0.25, -0.2) is 0 Å². The van der Waals surface area contributed by atoms with Crippen LogP contribution in [0.1, 0.15) is 56.9 Å². The van der Waals surface area contributed by atoms with Gasteiger partial charge in [-0.3, -0.25) is 0 Å². The maximum atomic E-state index is 6.59. The highest BCUT2D eigenvalue weighted by Gasteiger charge is 2.19. The molecule has 0 spiro atoms. The molecule has 0 heterocycles. The smallest absolute Gasteiger partial charge is 0.0613 e. The Hall–Kier alpha value is -0.490. The van der Waals surface area contributed by atoms with E-state index in [0.29, 0.717) is 5.92 Å². The molecule has 0 saturated carbocycles. The third-order valence-corrected chi connectivity index (χ3v) is 3.73. The van der Waals surface area contributed by atoms with E-state index in [-0.39, 0.29) is 5.38 Å². The van der Waals surface area contributed by atoms with Crippen molar-refractivity contribution in [2.75, 3.05) is 0 Å². The first-order valence-corrected chi connectivity index (χ1v) is 6.92. The second-order valence-electron chi connectivity index (χ2n) is 4.50. The van der Waals surface area contributed by atoms with Gasteiger partial charge >= 0.3 is 0 Å². The van der Waals surface area contributed by atoms with E-state index in [2.05, 4.69) is 38.1 Å². The summed E-state index contributed by atoms with van der Waals surface area (Å²) in [6, 6.07) is 10.5. The highest BCUT2D eigenvalue weighted by atomic mass is 35.5. The summed E-state index contributed by atoms with van der Waals surface area (Å²) < 4.78 is 0. The lowest BCUT2D eigenvalue weighted by Gasteiger charge is -2.22. The first kappa shape index (κ1) is 13.6. The van der Waals surface area contributed by atoms with Crippen molar-refractivity contribution in [1.29, 1.82) is 0 Å². The van der Waals surface area contributed by atoms with Gasteiger partial charge in [0.2, 0.25) is 0 Å². The molecule has 0 aliphatic rings. The fraction of sp³-hybridized carbons (Fsp3) is 0.600. The van der Waals surface area contributed by atoms with Crippen LogP contribution >= 0.6 is 11.6 Å². The monoisotopic (exact) mass is 238 g/mol. The summed E-state index contributed by atoms with van der Waals surface area (Å²) >= 11 is 6.59. The molecule has 2 atom stereocenters. The number of unbranched alkanes of at least 4 members (excludes halogenated alkanes) is 1. The highest BCUT2D eigenvalue weighted by Crippen LogP contribution is 2.35. The standard InChI is InChI=1S/C15H23Cl/c1-3-5-10-13(9-4-2)15(16)14-11-7-6-8-12-14/h6-8,11-13,15H,3-5,9-10H2,1-2H3. The van der Waals surface area contributed by atoms with Crippen molar-refractivity contribution in [1.82, 2.24) is 0 Å². The fourth-order valence-corrected chi connectivity index (χ4v) is 2.58. The van der Waals surface area contributed by atoms with Gasteiger partial charge in [-0.1, -0.05) is 63.4 Å². The Morgan fingerprint density at radius 2 is 1.69 bits per heavy atom. The molecular weight excluding hydrogens is 216 g/mol. The minimum atomic E-state index is 0.188. The summed E-state index contributed by atoms with van der Waals surface area (Å²) in [7, 11) is 0. The first-order chi connectivity index (χ1) is 7.79. The topological polar surface area (TPSA) is 0 Å². The van der Waals surface area contributed by atoms with E-state index in [4.69, 9.17) is 11.6 Å². The van der Waals surface area contributed by atoms with Gasteiger partial charge in [0, 0.05) is 0 Å². The van der Waals surface area contributed by atoms with E-state index >= 15 is 0 Å². The molecule has 1 heteroatoms. The molecule has 16 heavy (non-hydrogen) atoms. The van der Waals surface area contributed by atoms with Crippen LogP contribution < -0.4 is 0 Å². The zero-order valence-electron chi connectivity index (χ0n) is 10.5. The summed E-state index contributed by atoms with van der Waals surface area (Å²) in [6.07, 6.45) is 6.28. The molecule has 0 aliphatic heterocycles. The van der Waals surface area contributed by atoms with Crippen LogP contribution in [-0.4, -0.2) is 0 Å². The second-order valence-corrected chi connectivity index (χ2v) is 4.97. The summed E-state index contributed by atoms with van der Waals surface area (Å²) in [5, 5.41) is 0.188. The largest absolute Gasteiger partial charge is 0.118 e. The van der Waals surface area contributed by atoms with Crippen molar-refractivity contribution in [3.63, 3.8) is 0 Å². The normalized spacial score (nSPS) is 14.7. The molecule has 0 nitrogen and oxygen atoms in total. The average molecular weight is 239 g/mol. The van der Waals surface area contributed by atoms with Gasteiger partial charge in [0.05, 0.1) is 5.38 Å². The summed E-state index contributed by atoms with van der Waals surface area (Å²) in [5.41, 5.74) is 1.28. The molecule has 0 N–H and O–H groups in total. The molecule has 0 bridgehead atoms. The van der Waals surface area contributed by atoms with Crippen molar-refractivity contribution in [2.24, 2.45) is 5.92 Å². The number of hydrogen-bond acceptors (Lipinski definition) is 0. The van der Waals surface area contributed by atoms with Crippen LogP contribution in [0.25, 0.3) is 0 Å². The van der Waals surface area contributed by atoms with Gasteiger partial charge in [0.15, 0.2) is 0 Å². The van der Waals surface area contributed by atoms with Gasteiger partial charge in [-0.15, -0.1) is 11.6 Å². The van der Waals surface area contributed by atoms with Crippen LogP contribution in [0.5, 0.6) is 0 Å². The first-order valence-electron chi connectivity index (χ1n) is 6.48. The Labute approximate surface area is 105 Å². The van der Waals surface area contributed by atoms with Crippen molar-refractivity contribution in [2.45, 2.75) is 51.3 Å². The van der Waals surface area contributed by atoms with E-state index in [1.807, 2.05) is 6.07 Å². The Bertz CT molecular complexity index is 268. The molecule has 90 valence electrons. The van der Waals surface area contributed by atoms with Crippen LogP contribution in [0.4, 0.5) is 0 Å². The maximum Gasteiger partial charge on any atom is 0.0613 e. The third kappa shape index (κ3) is 4.17. The predicted molar refractivity (Wildman–Crippen MR) is 73.0 cm³/mol. The van der Waals surface area contributed by atoms with Crippen LogP contribution in [0.3, 0.4) is 0 Å². The molecule has 0 radical (unpaired) electrons. The SMILES string of the molecule is CCCCC(CCC)C(Cl)c1ccccc1. The lowest BCUT2D eigenvalue weighted by molar-refractivity contribution is 0.416. The van der Waals surface area contributed by atoms with Crippen LogP contribution in [0.2, 0.25) is 0 Å². The fourth-order valence-electron chi connectivity index (χ4n) is 2.18. The lowest BCUT2D eigenvalue weighted by Crippen LogP contribution is -2.08. The summed E-state index contributed by atoms with van der Waals surface area (Å²) in [6.45, 7) is 4.49. The number of alkyl halides is 1. The molecule has 2 unspecified atom stereocenters.